The lowest BCUT2D eigenvalue weighted by Crippen LogP contribution is -2.03. The molecule has 0 spiro atoms. The summed E-state index contributed by atoms with van der Waals surface area (Å²) in [5, 5.41) is 3.18. The van der Waals surface area contributed by atoms with E-state index >= 15 is 0 Å². The van der Waals surface area contributed by atoms with Crippen molar-refractivity contribution in [1.82, 2.24) is 0 Å². The molecule has 1 aliphatic rings. The van der Waals surface area contributed by atoms with Crippen LogP contribution in [-0.2, 0) is 11.2 Å². The first-order chi connectivity index (χ1) is 8.63. The van der Waals surface area contributed by atoms with Crippen molar-refractivity contribution < 1.29 is 9.21 Å². The molecule has 92 valence electrons. The Bertz CT molecular complexity index is 623. The van der Waals surface area contributed by atoms with Gasteiger partial charge >= 0.3 is 0 Å². The quantitative estimate of drug-likeness (QED) is 0.850. The molecule has 5 heteroatoms. The molecular weight excluding hydrogens is 318 g/mol. The van der Waals surface area contributed by atoms with Gasteiger partial charge in [0.2, 0.25) is 5.91 Å². The van der Waals surface area contributed by atoms with Crippen LogP contribution in [-0.4, -0.2) is 5.91 Å². The zero-order valence-corrected chi connectivity index (χ0v) is 11.6. The second kappa shape index (κ2) is 4.44. The van der Waals surface area contributed by atoms with Gasteiger partial charge in [-0.15, -0.1) is 0 Å². The summed E-state index contributed by atoms with van der Waals surface area (Å²) < 4.78 is 5.38. The van der Waals surface area contributed by atoms with Crippen LogP contribution in [0.1, 0.15) is 21.7 Å². The Morgan fingerprint density at radius 3 is 2.89 bits per heavy atom. The molecule has 18 heavy (non-hydrogen) atoms. The Kier molecular flexibility index (Phi) is 2.92. The van der Waals surface area contributed by atoms with Gasteiger partial charge in [0.1, 0.15) is 5.76 Å². The molecule has 1 aliphatic heterocycles. The van der Waals surface area contributed by atoms with Crippen molar-refractivity contribution in [2.45, 2.75) is 11.2 Å². The van der Waals surface area contributed by atoms with E-state index in [0.717, 1.165) is 22.6 Å². The molecule has 0 aliphatic carbocycles. The van der Waals surface area contributed by atoms with Crippen molar-refractivity contribution in [3.05, 3.63) is 52.4 Å². The van der Waals surface area contributed by atoms with Crippen molar-refractivity contribution in [3.8, 4) is 0 Å². The van der Waals surface area contributed by atoms with E-state index in [0.29, 0.717) is 11.6 Å². The average Bonchev–Trinajstić information content (AvgIpc) is 2.92. The topological polar surface area (TPSA) is 42.2 Å². The fraction of sp³-hybridized carbons (Fsp3) is 0.154. The molecular formula is C13H9BrClNO2. The molecule has 1 unspecified atom stereocenters. The van der Waals surface area contributed by atoms with Gasteiger partial charge in [-0.1, -0.05) is 28.1 Å². The number of halogens is 2. The molecule has 2 heterocycles. The third-order valence-corrected chi connectivity index (χ3v) is 4.07. The highest BCUT2D eigenvalue weighted by Gasteiger charge is 2.21. The van der Waals surface area contributed by atoms with Gasteiger partial charge in [-0.3, -0.25) is 4.79 Å². The van der Waals surface area contributed by atoms with Crippen LogP contribution >= 0.6 is 27.5 Å². The molecule has 3 nitrogen and oxygen atoms in total. The van der Waals surface area contributed by atoms with E-state index in [9.17, 15) is 4.79 Å². The van der Waals surface area contributed by atoms with Crippen LogP contribution in [0.15, 0.2) is 34.7 Å². The predicted molar refractivity (Wildman–Crippen MR) is 73.3 cm³/mol. The number of hydrogen-bond donors (Lipinski definition) is 1. The fourth-order valence-corrected chi connectivity index (χ4v) is 2.72. The van der Waals surface area contributed by atoms with Crippen molar-refractivity contribution in [1.29, 1.82) is 0 Å². The molecule has 2 aromatic rings. The van der Waals surface area contributed by atoms with Crippen LogP contribution in [0.4, 0.5) is 5.69 Å². The number of anilines is 1. The van der Waals surface area contributed by atoms with E-state index in [1.165, 1.54) is 0 Å². The predicted octanol–water partition coefficient (Wildman–Crippen LogP) is 3.91. The number of furan rings is 1. The second-order valence-electron chi connectivity index (χ2n) is 4.15. The first-order valence-electron chi connectivity index (χ1n) is 5.45. The number of carbonyl (C=O) groups is 1. The van der Waals surface area contributed by atoms with E-state index < -0.39 is 0 Å². The van der Waals surface area contributed by atoms with Gasteiger partial charge in [-0.05, 0) is 40.9 Å². The van der Waals surface area contributed by atoms with Crippen molar-refractivity contribution in [3.63, 3.8) is 0 Å². The normalized spacial score (nSPS) is 15.3. The van der Waals surface area contributed by atoms with E-state index in [1.54, 1.807) is 6.07 Å². The highest BCUT2D eigenvalue weighted by Crippen LogP contribution is 2.35. The van der Waals surface area contributed by atoms with Crippen molar-refractivity contribution >= 4 is 39.1 Å². The number of rotatable bonds is 2. The molecule has 0 bridgehead atoms. The summed E-state index contributed by atoms with van der Waals surface area (Å²) in [6, 6.07) is 9.42. The van der Waals surface area contributed by atoms with Gasteiger partial charge in [0.05, 0.1) is 11.2 Å². The van der Waals surface area contributed by atoms with E-state index in [4.69, 9.17) is 16.0 Å². The molecule has 0 saturated carbocycles. The first kappa shape index (κ1) is 11.8. The summed E-state index contributed by atoms with van der Waals surface area (Å²) in [5.74, 6) is 0.784. The molecule has 1 atom stereocenters. The largest absolute Gasteiger partial charge is 0.448 e. The van der Waals surface area contributed by atoms with Gasteiger partial charge in [0.25, 0.3) is 0 Å². The van der Waals surface area contributed by atoms with Crippen LogP contribution in [0.2, 0.25) is 5.22 Å². The highest BCUT2D eigenvalue weighted by molar-refractivity contribution is 9.09. The SMILES string of the molecule is O=C1Cc2cc(C(Br)c3ccc(Cl)o3)ccc2N1. The second-order valence-corrected chi connectivity index (χ2v) is 5.43. The lowest BCUT2D eigenvalue weighted by Gasteiger charge is -2.09. The Labute approximate surface area is 117 Å². The molecule has 1 N–H and O–H groups in total. The standard InChI is InChI=1S/C13H9BrClNO2/c14-13(10-3-4-11(15)18-10)7-1-2-9-8(5-7)6-12(17)16-9/h1-5,13H,6H2,(H,16,17). The summed E-state index contributed by atoms with van der Waals surface area (Å²) in [4.78, 5) is 11.2. The fourth-order valence-electron chi connectivity index (χ4n) is 2.04. The Balaban J connectivity index is 1.94. The van der Waals surface area contributed by atoms with Crippen LogP contribution in [0.3, 0.4) is 0 Å². The molecule has 1 aromatic heterocycles. The number of hydrogen-bond acceptors (Lipinski definition) is 2. The number of nitrogens with one attached hydrogen (secondary N) is 1. The third kappa shape index (κ3) is 2.06. The number of carbonyl (C=O) groups excluding carboxylic acids is 1. The average molecular weight is 327 g/mol. The number of benzene rings is 1. The Morgan fingerprint density at radius 1 is 1.33 bits per heavy atom. The minimum atomic E-state index is -0.0639. The van der Waals surface area contributed by atoms with E-state index in [1.807, 2.05) is 24.3 Å². The highest BCUT2D eigenvalue weighted by atomic mass is 79.9. The number of amides is 1. The molecule has 1 aromatic carbocycles. The van der Waals surface area contributed by atoms with Crippen LogP contribution in [0.25, 0.3) is 0 Å². The maximum absolute atomic E-state index is 11.3. The summed E-state index contributed by atoms with van der Waals surface area (Å²) in [7, 11) is 0. The summed E-state index contributed by atoms with van der Waals surface area (Å²) >= 11 is 9.34. The van der Waals surface area contributed by atoms with Gasteiger partial charge in [0, 0.05) is 5.69 Å². The van der Waals surface area contributed by atoms with E-state index in [-0.39, 0.29) is 10.7 Å². The summed E-state index contributed by atoms with van der Waals surface area (Å²) in [6.45, 7) is 0. The molecule has 1 amide bonds. The Morgan fingerprint density at radius 2 is 2.17 bits per heavy atom. The number of alkyl halides is 1. The van der Waals surface area contributed by atoms with Crippen molar-refractivity contribution in [2.75, 3.05) is 5.32 Å². The number of fused-ring (bicyclic) bond motifs is 1. The maximum Gasteiger partial charge on any atom is 0.228 e. The molecule has 0 saturated heterocycles. The first-order valence-corrected chi connectivity index (χ1v) is 6.75. The van der Waals surface area contributed by atoms with Gasteiger partial charge < -0.3 is 9.73 Å². The van der Waals surface area contributed by atoms with Crippen LogP contribution in [0.5, 0.6) is 0 Å². The van der Waals surface area contributed by atoms with Gasteiger partial charge in [-0.25, -0.2) is 0 Å². The third-order valence-electron chi connectivity index (χ3n) is 2.89. The molecule has 0 radical (unpaired) electrons. The van der Waals surface area contributed by atoms with Crippen LogP contribution < -0.4 is 5.32 Å². The zero-order valence-electron chi connectivity index (χ0n) is 9.24. The lowest BCUT2D eigenvalue weighted by atomic mass is 10.0. The molecule has 3 rings (SSSR count). The van der Waals surface area contributed by atoms with E-state index in [2.05, 4.69) is 21.2 Å². The zero-order chi connectivity index (χ0) is 12.7. The molecule has 0 fully saturated rings. The Hall–Kier alpha value is -1.26. The monoisotopic (exact) mass is 325 g/mol. The maximum atomic E-state index is 11.3. The van der Waals surface area contributed by atoms with Gasteiger partial charge in [0.15, 0.2) is 5.22 Å². The minimum absolute atomic E-state index is 0.0364. The lowest BCUT2D eigenvalue weighted by molar-refractivity contribution is -0.115. The summed E-state index contributed by atoms with van der Waals surface area (Å²) in [5.41, 5.74) is 2.94. The van der Waals surface area contributed by atoms with Crippen molar-refractivity contribution in [2.24, 2.45) is 0 Å². The summed E-state index contributed by atoms with van der Waals surface area (Å²) in [6.07, 6.45) is 0.432. The van der Waals surface area contributed by atoms with Gasteiger partial charge in [-0.2, -0.15) is 0 Å². The van der Waals surface area contributed by atoms with Crippen LogP contribution in [0, 0.1) is 0 Å². The smallest absolute Gasteiger partial charge is 0.228 e. The minimum Gasteiger partial charge on any atom is -0.448 e.